The van der Waals surface area contributed by atoms with Gasteiger partial charge in [-0.1, -0.05) is 18.2 Å². The van der Waals surface area contributed by atoms with Crippen LogP contribution in [0, 0.1) is 6.92 Å². The molecule has 3 amide bonds. The first-order chi connectivity index (χ1) is 14.0. The molecular weight excluding hydrogens is 370 g/mol. The lowest BCUT2D eigenvalue weighted by molar-refractivity contribution is 0.0996. The highest BCUT2D eigenvalue weighted by molar-refractivity contribution is 5.99. The molecule has 6 N–H and O–H groups in total. The summed E-state index contributed by atoms with van der Waals surface area (Å²) in [5, 5.41) is 13.4. The van der Waals surface area contributed by atoms with E-state index in [-0.39, 0.29) is 6.03 Å². The number of anilines is 1. The second-order valence-electron chi connectivity index (χ2n) is 6.60. The monoisotopic (exact) mass is 389 g/mol. The van der Waals surface area contributed by atoms with Crippen molar-refractivity contribution in [1.29, 1.82) is 0 Å². The van der Waals surface area contributed by atoms with Crippen LogP contribution in [0.15, 0.2) is 48.5 Å². The molecule has 4 rings (SSSR count). The van der Waals surface area contributed by atoms with Crippen LogP contribution in [0.5, 0.6) is 0 Å². The predicted molar refractivity (Wildman–Crippen MR) is 109 cm³/mol. The van der Waals surface area contributed by atoms with Gasteiger partial charge in [0.2, 0.25) is 0 Å². The number of H-pyrrole nitrogens is 2. The van der Waals surface area contributed by atoms with Gasteiger partial charge < -0.3 is 21.4 Å². The summed E-state index contributed by atoms with van der Waals surface area (Å²) in [7, 11) is 0. The van der Waals surface area contributed by atoms with Crippen LogP contribution in [0.1, 0.15) is 21.9 Å². The maximum Gasteiger partial charge on any atom is 0.319 e. The Morgan fingerprint density at radius 1 is 1.14 bits per heavy atom. The third kappa shape index (κ3) is 4.08. The molecule has 0 unspecified atom stereocenters. The smallest absolute Gasteiger partial charge is 0.319 e. The topological polar surface area (TPSA) is 142 Å². The number of aromatic amines is 2. The van der Waals surface area contributed by atoms with Crippen LogP contribution in [-0.2, 0) is 6.54 Å². The fraction of sp³-hybridized carbons (Fsp3) is 0.100. The highest BCUT2D eigenvalue weighted by Gasteiger charge is 2.09. The van der Waals surface area contributed by atoms with Gasteiger partial charge in [-0.25, -0.2) is 9.78 Å². The van der Waals surface area contributed by atoms with E-state index in [0.29, 0.717) is 23.8 Å². The van der Waals surface area contributed by atoms with Gasteiger partial charge in [0.1, 0.15) is 11.5 Å². The van der Waals surface area contributed by atoms with E-state index in [1.807, 2.05) is 31.2 Å². The molecule has 2 aromatic carbocycles. The number of aryl methyl sites for hydroxylation is 1. The number of hydrogen-bond donors (Lipinski definition) is 5. The molecule has 0 aliphatic heterocycles. The van der Waals surface area contributed by atoms with Gasteiger partial charge in [0, 0.05) is 28.7 Å². The van der Waals surface area contributed by atoms with Crippen molar-refractivity contribution in [3.63, 3.8) is 0 Å². The minimum atomic E-state index is -0.532. The van der Waals surface area contributed by atoms with Gasteiger partial charge in [0.15, 0.2) is 5.82 Å². The number of benzene rings is 2. The van der Waals surface area contributed by atoms with Crippen molar-refractivity contribution in [3.05, 3.63) is 65.6 Å². The Morgan fingerprint density at radius 3 is 2.76 bits per heavy atom. The molecule has 0 fully saturated rings. The summed E-state index contributed by atoms with van der Waals surface area (Å²) >= 11 is 0. The molecule has 0 saturated carbocycles. The third-order valence-electron chi connectivity index (χ3n) is 4.38. The van der Waals surface area contributed by atoms with Gasteiger partial charge in [0.05, 0.1) is 0 Å². The van der Waals surface area contributed by atoms with Gasteiger partial charge in [-0.15, -0.1) is 0 Å². The molecule has 9 nitrogen and oxygen atoms in total. The van der Waals surface area contributed by atoms with Crippen molar-refractivity contribution >= 4 is 28.5 Å². The molecule has 0 spiro atoms. The predicted octanol–water partition coefficient (Wildman–Crippen LogP) is 2.68. The number of amides is 3. The number of nitrogens with zero attached hydrogens (tertiary/aromatic N) is 2. The van der Waals surface area contributed by atoms with Crippen molar-refractivity contribution in [2.45, 2.75) is 13.5 Å². The van der Waals surface area contributed by atoms with Crippen molar-refractivity contribution in [2.75, 3.05) is 5.32 Å². The quantitative estimate of drug-likeness (QED) is 0.358. The standard InChI is InChI=1S/C20H19N7O2/c1-11-23-19(27-26-11)13-4-2-3-12(7-13)10-22-20(29)24-15-5-6-16-14(8-15)9-17(25-16)18(21)28/h2-9,25H,10H2,1H3,(H2,21,28)(H2,22,24,29)(H,23,26,27). The number of nitrogens with one attached hydrogen (secondary N) is 4. The molecular formula is C20H19N7O2. The maximum atomic E-state index is 12.3. The Bertz CT molecular complexity index is 1210. The minimum absolute atomic E-state index is 0.322. The molecule has 0 aliphatic carbocycles. The first-order valence-corrected chi connectivity index (χ1v) is 8.94. The number of rotatable bonds is 5. The van der Waals surface area contributed by atoms with Crippen molar-refractivity contribution in [3.8, 4) is 11.4 Å². The average molecular weight is 389 g/mol. The zero-order chi connectivity index (χ0) is 20.4. The van der Waals surface area contributed by atoms with Crippen molar-refractivity contribution in [1.82, 2.24) is 25.5 Å². The number of fused-ring (bicyclic) bond motifs is 1. The second kappa shape index (κ2) is 7.47. The van der Waals surface area contributed by atoms with Crippen LogP contribution in [0.25, 0.3) is 22.3 Å². The Labute approximate surface area is 165 Å². The van der Waals surface area contributed by atoms with Gasteiger partial charge >= 0.3 is 6.03 Å². The van der Waals surface area contributed by atoms with E-state index in [1.54, 1.807) is 24.3 Å². The van der Waals surface area contributed by atoms with E-state index in [9.17, 15) is 9.59 Å². The van der Waals surface area contributed by atoms with E-state index >= 15 is 0 Å². The molecule has 0 bridgehead atoms. The summed E-state index contributed by atoms with van der Waals surface area (Å²) in [6.45, 7) is 2.19. The zero-order valence-corrected chi connectivity index (χ0v) is 15.6. The number of primary amides is 1. The summed E-state index contributed by atoms with van der Waals surface area (Å²) in [5.41, 5.74) is 8.77. The molecule has 0 radical (unpaired) electrons. The fourth-order valence-electron chi connectivity index (χ4n) is 2.99. The van der Waals surface area contributed by atoms with E-state index in [1.165, 1.54) is 0 Å². The van der Waals surface area contributed by atoms with Gasteiger partial charge in [-0.2, -0.15) is 5.10 Å². The number of hydrogen-bond acceptors (Lipinski definition) is 4. The lowest BCUT2D eigenvalue weighted by atomic mass is 10.1. The zero-order valence-electron chi connectivity index (χ0n) is 15.6. The van der Waals surface area contributed by atoms with E-state index in [2.05, 4.69) is 30.8 Å². The van der Waals surface area contributed by atoms with E-state index in [4.69, 9.17) is 5.73 Å². The molecule has 146 valence electrons. The van der Waals surface area contributed by atoms with Crippen LogP contribution in [-0.4, -0.2) is 32.1 Å². The molecule has 2 aromatic heterocycles. The van der Waals surface area contributed by atoms with Crippen molar-refractivity contribution in [2.24, 2.45) is 5.73 Å². The number of carbonyl (C=O) groups excluding carboxylic acids is 2. The summed E-state index contributed by atoms with van der Waals surface area (Å²) < 4.78 is 0. The molecule has 4 aromatic rings. The highest BCUT2D eigenvalue weighted by atomic mass is 16.2. The van der Waals surface area contributed by atoms with Crippen LogP contribution in [0.2, 0.25) is 0 Å². The molecule has 0 saturated heterocycles. The Hall–Kier alpha value is -4.14. The highest BCUT2D eigenvalue weighted by Crippen LogP contribution is 2.20. The first kappa shape index (κ1) is 18.2. The Morgan fingerprint density at radius 2 is 2.00 bits per heavy atom. The molecule has 9 heteroatoms. The fourth-order valence-corrected chi connectivity index (χ4v) is 2.99. The molecule has 0 aliphatic rings. The minimum Gasteiger partial charge on any atom is -0.364 e. The van der Waals surface area contributed by atoms with E-state index < -0.39 is 5.91 Å². The second-order valence-corrected chi connectivity index (χ2v) is 6.60. The van der Waals surface area contributed by atoms with Crippen LogP contribution in [0.4, 0.5) is 10.5 Å². The number of urea groups is 1. The van der Waals surface area contributed by atoms with Gasteiger partial charge in [-0.3, -0.25) is 9.89 Å². The van der Waals surface area contributed by atoms with Crippen LogP contribution < -0.4 is 16.4 Å². The molecule has 0 atom stereocenters. The van der Waals surface area contributed by atoms with Crippen LogP contribution in [0.3, 0.4) is 0 Å². The maximum absolute atomic E-state index is 12.3. The number of carbonyl (C=O) groups is 2. The Balaban J connectivity index is 1.40. The first-order valence-electron chi connectivity index (χ1n) is 8.94. The lowest BCUT2D eigenvalue weighted by Gasteiger charge is -2.08. The summed E-state index contributed by atoms with van der Waals surface area (Å²) in [5.74, 6) is 0.824. The lowest BCUT2D eigenvalue weighted by Crippen LogP contribution is -2.28. The largest absolute Gasteiger partial charge is 0.364 e. The Kier molecular flexibility index (Phi) is 4.70. The van der Waals surface area contributed by atoms with Gasteiger partial charge in [-0.05, 0) is 42.8 Å². The summed E-state index contributed by atoms with van der Waals surface area (Å²) in [6.07, 6.45) is 0. The average Bonchev–Trinajstić information content (AvgIpc) is 3.32. The summed E-state index contributed by atoms with van der Waals surface area (Å²) in [4.78, 5) is 30.8. The van der Waals surface area contributed by atoms with E-state index in [0.717, 1.165) is 27.9 Å². The number of nitrogens with two attached hydrogens (primary N) is 1. The normalized spacial score (nSPS) is 10.8. The van der Waals surface area contributed by atoms with Crippen molar-refractivity contribution < 1.29 is 9.59 Å². The third-order valence-corrected chi connectivity index (χ3v) is 4.38. The molecule has 2 heterocycles. The summed E-state index contributed by atoms with van der Waals surface area (Å²) in [6, 6.07) is 14.3. The van der Waals surface area contributed by atoms with Gasteiger partial charge in [0.25, 0.3) is 5.91 Å². The SMILES string of the molecule is Cc1nc(-c2cccc(CNC(=O)Nc3ccc4[nH]c(C(N)=O)cc4c3)c2)n[nH]1. The van der Waals surface area contributed by atoms with Crippen LogP contribution >= 0.6 is 0 Å². The number of aromatic nitrogens is 4. The molecule has 29 heavy (non-hydrogen) atoms.